The number of hydrogen-bond acceptors (Lipinski definition) is 2. The average molecular weight is 322 g/mol. The van der Waals surface area contributed by atoms with Crippen LogP contribution in [0.4, 0.5) is 9.18 Å². The first-order valence-electron chi connectivity index (χ1n) is 8.09. The second-order valence-corrected chi connectivity index (χ2v) is 6.97. The highest BCUT2D eigenvalue weighted by atomic mass is 19.1. The molecule has 2 N–H and O–H groups in total. The fraction of sp³-hybridized carbons (Fsp3) is 0.263. The molecule has 1 heterocycles. The largest absolute Gasteiger partial charge is 0.322 e. The Bertz CT molecular complexity index is 939. The number of amides is 3. The third-order valence-electron chi connectivity index (χ3n) is 5.53. The van der Waals surface area contributed by atoms with Crippen molar-refractivity contribution in [3.05, 3.63) is 58.9 Å². The van der Waals surface area contributed by atoms with Crippen LogP contribution in [0.25, 0.3) is 11.1 Å². The number of fused-ring (bicyclic) bond motifs is 5. The van der Waals surface area contributed by atoms with E-state index in [1.165, 1.54) is 17.7 Å². The molecule has 24 heavy (non-hydrogen) atoms. The maximum Gasteiger partial charge on any atom is 0.322 e. The molecule has 3 amide bonds. The molecule has 2 aromatic carbocycles. The average Bonchev–Trinajstić information content (AvgIpc) is 3.12. The Labute approximate surface area is 138 Å². The number of imide groups is 1. The van der Waals surface area contributed by atoms with Crippen LogP contribution in [0.2, 0.25) is 0 Å². The van der Waals surface area contributed by atoms with Crippen LogP contribution in [0.15, 0.2) is 36.4 Å². The molecule has 120 valence electrons. The van der Waals surface area contributed by atoms with E-state index in [2.05, 4.69) is 23.6 Å². The van der Waals surface area contributed by atoms with E-state index in [0.29, 0.717) is 17.4 Å². The third kappa shape index (κ3) is 1.57. The van der Waals surface area contributed by atoms with Crippen molar-refractivity contribution in [2.45, 2.75) is 24.8 Å². The van der Waals surface area contributed by atoms with Crippen molar-refractivity contribution in [3.8, 4) is 11.1 Å². The SMILES string of the molecule is CC1CC1c1ccc2c(c1)C1(NC(=O)NC1=O)c1cc(F)ccc1-2. The Balaban J connectivity index is 1.80. The summed E-state index contributed by atoms with van der Waals surface area (Å²) in [7, 11) is 0. The minimum Gasteiger partial charge on any atom is -0.316 e. The van der Waals surface area contributed by atoms with E-state index in [0.717, 1.165) is 23.1 Å². The summed E-state index contributed by atoms with van der Waals surface area (Å²) in [4.78, 5) is 24.6. The van der Waals surface area contributed by atoms with Gasteiger partial charge in [0.2, 0.25) is 0 Å². The van der Waals surface area contributed by atoms with Crippen LogP contribution in [0, 0.1) is 11.7 Å². The number of nitrogens with one attached hydrogen (secondary N) is 2. The Kier molecular flexibility index (Phi) is 2.42. The van der Waals surface area contributed by atoms with E-state index < -0.39 is 23.3 Å². The zero-order valence-electron chi connectivity index (χ0n) is 13.0. The predicted octanol–water partition coefficient (Wildman–Crippen LogP) is 3.01. The molecule has 3 aliphatic rings. The summed E-state index contributed by atoms with van der Waals surface area (Å²) in [6, 6.07) is 9.93. The fourth-order valence-corrected chi connectivity index (χ4v) is 4.17. The van der Waals surface area contributed by atoms with Gasteiger partial charge in [-0.2, -0.15) is 0 Å². The lowest BCUT2D eigenvalue weighted by Gasteiger charge is -2.23. The number of carbonyl (C=O) groups excluding carboxylic acids is 2. The second-order valence-electron chi connectivity index (χ2n) is 6.97. The molecule has 3 atom stereocenters. The summed E-state index contributed by atoms with van der Waals surface area (Å²) >= 11 is 0. The first-order valence-corrected chi connectivity index (χ1v) is 8.09. The molecule has 2 fully saturated rings. The molecule has 2 aliphatic carbocycles. The van der Waals surface area contributed by atoms with Gasteiger partial charge in [-0.3, -0.25) is 10.1 Å². The monoisotopic (exact) mass is 322 g/mol. The number of rotatable bonds is 1. The number of carbonyl (C=O) groups is 2. The Morgan fingerprint density at radius 2 is 1.75 bits per heavy atom. The zero-order valence-corrected chi connectivity index (χ0v) is 13.0. The van der Waals surface area contributed by atoms with Crippen molar-refractivity contribution in [2.75, 3.05) is 0 Å². The Morgan fingerprint density at radius 3 is 2.38 bits per heavy atom. The van der Waals surface area contributed by atoms with E-state index in [4.69, 9.17) is 0 Å². The molecule has 1 saturated heterocycles. The molecular weight excluding hydrogens is 307 g/mol. The normalized spacial score (nSPS) is 29.2. The smallest absolute Gasteiger partial charge is 0.316 e. The molecule has 2 aromatic rings. The van der Waals surface area contributed by atoms with Crippen molar-refractivity contribution in [1.82, 2.24) is 10.6 Å². The van der Waals surface area contributed by atoms with E-state index in [1.54, 1.807) is 6.07 Å². The lowest BCUT2D eigenvalue weighted by atomic mass is 9.86. The van der Waals surface area contributed by atoms with Gasteiger partial charge in [0.05, 0.1) is 0 Å². The van der Waals surface area contributed by atoms with Crippen LogP contribution in [-0.2, 0) is 10.3 Å². The van der Waals surface area contributed by atoms with Crippen LogP contribution >= 0.6 is 0 Å². The summed E-state index contributed by atoms with van der Waals surface area (Å²) < 4.78 is 13.9. The van der Waals surface area contributed by atoms with Crippen molar-refractivity contribution in [2.24, 2.45) is 5.92 Å². The molecule has 0 aromatic heterocycles. The summed E-state index contributed by atoms with van der Waals surface area (Å²) in [6.07, 6.45) is 1.13. The van der Waals surface area contributed by atoms with Crippen LogP contribution < -0.4 is 10.6 Å². The second kappa shape index (κ2) is 4.23. The van der Waals surface area contributed by atoms with Gasteiger partial charge in [0, 0.05) is 5.56 Å². The lowest BCUT2D eigenvalue weighted by Crippen LogP contribution is -2.43. The van der Waals surface area contributed by atoms with Crippen molar-refractivity contribution in [1.29, 1.82) is 0 Å². The molecular formula is C19H15FN2O2. The molecule has 1 saturated carbocycles. The van der Waals surface area contributed by atoms with E-state index in [-0.39, 0.29) is 0 Å². The first kappa shape index (κ1) is 13.7. The number of halogens is 1. The van der Waals surface area contributed by atoms with Crippen LogP contribution in [0.5, 0.6) is 0 Å². The zero-order chi connectivity index (χ0) is 16.6. The van der Waals surface area contributed by atoms with Crippen molar-refractivity contribution in [3.63, 3.8) is 0 Å². The van der Waals surface area contributed by atoms with Gasteiger partial charge in [0.1, 0.15) is 5.82 Å². The van der Waals surface area contributed by atoms with Crippen LogP contribution in [-0.4, -0.2) is 11.9 Å². The van der Waals surface area contributed by atoms with Gasteiger partial charge in [-0.1, -0.05) is 31.2 Å². The van der Waals surface area contributed by atoms with Gasteiger partial charge in [-0.05, 0) is 52.6 Å². The molecule has 3 unspecified atom stereocenters. The van der Waals surface area contributed by atoms with Gasteiger partial charge in [-0.25, -0.2) is 9.18 Å². The highest BCUT2D eigenvalue weighted by molar-refractivity contribution is 6.13. The summed E-state index contributed by atoms with van der Waals surface area (Å²) in [6.45, 7) is 2.20. The van der Waals surface area contributed by atoms with E-state index >= 15 is 0 Å². The van der Waals surface area contributed by atoms with Crippen molar-refractivity contribution < 1.29 is 14.0 Å². The molecule has 4 nitrogen and oxygen atoms in total. The summed E-state index contributed by atoms with van der Waals surface area (Å²) in [5, 5.41) is 5.06. The highest BCUT2D eigenvalue weighted by Crippen LogP contribution is 2.53. The van der Waals surface area contributed by atoms with E-state index in [9.17, 15) is 14.0 Å². The predicted molar refractivity (Wildman–Crippen MR) is 85.8 cm³/mol. The van der Waals surface area contributed by atoms with Gasteiger partial charge in [0.15, 0.2) is 5.54 Å². The van der Waals surface area contributed by atoms with Crippen LogP contribution in [0.1, 0.15) is 36.0 Å². The maximum atomic E-state index is 13.9. The quantitative estimate of drug-likeness (QED) is 0.793. The lowest BCUT2D eigenvalue weighted by molar-refractivity contribution is -0.122. The molecule has 0 radical (unpaired) electrons. The van der Waals surface area contributed by atoms with Gasteiger partial charge in [0.25, 0.3) is 5.91 Å². The fourth-order valence-electron chi connectivity index (χ4n) is 4.17. The molecule has 5 heteroatoms. The van der Waals surface area contributed by atoms with Gasteiger partial charge in [-0.15, -0.1) is 0 Å². The number of benzene rings is 2. The minimum absolute atomic E-state index is 0.425. The van der Waals surface area contributed by atoms with Gasteiger partial charge < -0.3 is 5.32 Å². The van der Waals surface area contributed by atoms with Crippen molar-refractivity contribution >= 4 is 11.9 Å². The molecule has 0 bridgehead atoms. The maximum absolute atomic E-state index is 13.9. The van der Waals surface area contributed by atoms with Gasteiger partial charge >= 0.3 is 6.03 Å². The van der Waals surface area contributed by atoms with E-state index in [1.807, 2.05) is 12.1 Å². The minimum atomic E-state index is -1.32. The molecule has 1 aliphatic heterocycles. The standard InChI is InChI=1S/C19H15FN2O2/c1-9-6-14(9)10-2-4-12-13-5-3-11(20)8-16(13)19(15(12)7-10)17(23)21-18(24)22-19/h2-5,7-9,14H,6H2,1H3,(H2,21,22,23,24). The number of urea groups is 1. The third-order valence-corrected chi connectivity index (χ3v) is 5.53. The number of hydrogen-bond donors (Lipinski definition) is 2. The Hall–Kier alpha value is -2.69. The van der Waals surface area contributed by atoms with Crippen LogP contribution in [0.3, 0.4) is 0 Å². The Morgan fingerprint density at radius 1 is 1.08 bits per heavy atom. The first-order chi connectivity index (χ1) is 11.5. The topological polar surface area (TPSA) is 58.2 Å². The molecule has 1 spiro atoms. The summed E-state index contributed by atoms with van der Waals surface area (Å²) in [5.74, 6) is 0.255. The highest BCUT2D eigenvalue weighted by Gasteiger charge is 2.55. The molecule has 5 rings (SSSR count). The summed E-state index contributed by atoms with van der Waals surface area (Å²) in [5.41, 5.74) is 2.75.